The van der Waals surface area contributed by atoms with Crippen molar-refractivity contribution in [2.24, 2.45) is 5.11 Å². The first-order valence-corrected chi connectivity index (χ1v) is 6.47. The highest BCUT2D eigenvalue weighted by atomic mass is 16.6. The van der Waals surface area contributed by atoms with Gasteiger partial charge in [0, 0.05) is 28.8 Å². The molecular formula is C13H16N4O4. The Bertz CT molecular complexity index is 618. The zero-order valence-corrected chi connectivity index (χ0v) is 12.0. The third kappa shape index (κ3) is 3.07. The van der Waals surface area contributed by atoms with Crippen molar-refractivity contribution in [3.05, 3.63) is 33.5 Å². The van der Waals surface area contributed by atoms with Crippen molar-refractivity contribution in [1.29, 1.82) is 0 Å². The summed E-state index contributed by atoms with van der Waals surface area (Å²) in [6.45, 7) is 4.69. The van der Waals surface area contributed by atoms with Crippen LogP contribution >= 0.6 is 0 Å². The molecule has 0 unspecified atom stereocenters. The Morgan fingerprint density at radius 2 is 2.24 bits per heavy atom. The minimum Gasteiger partial charge on any atom is -0.459 e. The van der Waals surface area contributed by atoms with Gasteiger partial charge in [0.05, 0.1) is 6.61 Å². The molecule has 1 aromatic heterocycles. The Hall–Kier alpha value is -2.31. The lowest BCUT2D eigenvalue weighted by Gasteiger charge is -2.19. The number of aromatic nitrogens is 1. The number of ketones is 1. The maximum atomic E-state index is 11.5. The average molecular weight is 292 g/mol. The van der Waals surface area contributed by atoms with Crippen molar-refractivity contribution in [3.8, 4) is 0 Å². The largest absolute Gasteiger partial charge is 0.459 e. The lowest BCUT2D eigenvalue weighted by Crippen LogP contribution is -2.29. The second-order valence-corrected chi connectivity index (χ2v) is 4.92. The summed E-state index contributed by atoms with van der Waals surface area (Å²) in [5.41, 5.74) is 10.5. The van der Waals surface area contributed by atoms with Gasteiger partial charge in [0.15, 0.2) is 5.78 Å². The Balaban J connectivity index is 2.32. The second-order valence-electron chi connectivity index (χ2n) is 4.92. The maximum Gasteiger partial charge on any atom is 0.303 e. The minimum atomic E-state index is -0.712. The number of hydrogen-bond donors (Lipinski definition) is 1. The Kier molecular flexibility index (Phi) is 4.30. The van der Waals surface area contributed by atoms with E-state index in [0.717, 1.165) is 5.69 Å². The third-order valence-corrected chi connectivity index (χ3v) is 3.35. The van der Waals surface area contributed by atoms with E-state index in [1.807, 2.05) is 0 Å². The van der Waals surface area contributed by atoms with Crippen molar-refractivity contribution in [2.75, 3.05) is 6.61 Å². The first kappa shape index (κ1) is 15.1. The SMILES string of the molecule is CC(=O)O[C@@H]1[C@@H](N=[N+]=[N-])CO[C@@H]1c1cc(C(C)=O)c(C)[nH]1. The number of nitrogens with zero attached hydrogens (tertiary/aromatic N) is 3. The van der Waals surface area contributed by atoms with Gasteiger partial charge in [-0.15, -0.1) is 0 Å². The van der Waals surface area contributed by atoms with Gasteiger partial charge in [-0.25, -0.2) is 0 Å². The van der Waals surface area contributed by atoms with Crippen LogP contribution in [-0.4, -0.2) is 35.5 Å². The third-order valence-electron chi connectivity index (χ3n) is 3.35. The molecule has 0 bridgehead atoms. The van der Waals surface area contributed by atoms with Gasteiger partial charge in [-0.1, -0.05) is 5.11 Å². The summed E-state index contributed by atoms with van der Waals surface area (Å²) in [5.74, 6) is -0.549. The van der Waals surface area contributed by atoms with Crippen LogP contribution in [0, 0.1) is 6.92 Å². The van der Waals surface area contributed by atoms with E-state index in [2.05, 4.69) is 15.0 Å². The fourth-order valence-electron chi connectivity index (χ4n) is 2.46. The first-order valence-electron chi connectivity index (χ1n) is 6.47. The van der Waals surface area contributed by atoms with E-state index < -0.39 is 24.2 Å². The molecule has 2 heterocycles. The molecule has 1 saturated heterocycles. The van der Waals surface area contributed by atoms with Gasteiger partial charge in [0.1, 0.15) is 18.2 Å². The van der Waals surface area contributed by atoms with Crippen LogP contribution in [0.5, 0.6) is 0 Å². The molecule has 0 saturated carbocycles. The van der Waals surface area contributed by atoms with Gasteiger partial charge in [0.25, 0.3) is 0 Å². The summed E-state index contributed by atoms with van der Waals surface area (Å²) in [6, 6.07) is 1.09. The average Bonchev–Trinajstić information content (AvgIpc) is 2.94. The van der Waals surface area contributed by atoms with E-state index in [1.165, 1.54) is 13.8 Å². The smallest absolute Gasteiger partial charge is 0.303 e. The summed E-state index contributed by atoms with van der Waals surface area (Å²) in [7, 11) is 0. The summed E-state index contributed by atoms with van der Waals surface area (Å²) in [5, 5.41) is 3.60. The number of carbonyl (C=O) groups excluding carboxylic acids is 2. The van der Waals surface area contributed by atoms with Crippen LogP contribution in [0.4, 0.5) is 0 Å². The van der Waals surface area contributed by atoms with E-state index in [9.17, 15) is 9.59 Å². The number of ether oxygens (including phenoxy) is 2. The predicted molar refractivity (Wildman–Crippen MR) is 72.7 cm³/mol. The van der Waals surface area contributed by atoms with Crippen molar-refractivity contribution in [3.63, 3.8) is 0 Å². The fraction of sp³-hybridized carbons (Fsp3) is 0.538. The van der Waals surface area contributed by atoms with Crippen LogP contribution < -0.4 is 0 Å². The molecule has 8 nitrogen and oxygen atoms in total. The van der Waals surface area contributed by atoms with Crippen LogP contribution in [-0.2, 0) is 14.3 Å². The Labute approximate surface area is 121 Å². The van der Waals surface area contributed by atoms with Crippen LogP contribution in [0.3, 0.4) is 0 Å². The number of nitrogens with one attached hydrogen (secondary N) is 1. The standard InChI is InChI=1S/C13H16N4O4/c1-6-9(7(2)18)4-10(15-6)12-13(21-8(3)19)11(5-20-12)16-17-14/h4,11-13,15H,5H2,1-3H3/t11-,12+,13+/m0/s1. The number of hydrogen-bond acceptors (Lipinski definition) is 5. The number of Topliss-reactive ketones (excluding diaryl/α,β-unsaturated/α-hetero) is 1. The highest BCUT2D eigenvalue weighted by Gasteiger charge is 2.41. The molecule has 1 aliphatic rings. The van der Waals surface area contributed by atoms with E-state index in [1.54, 1.807) is 13.0 Å². The number of aromatic amines is 1. The lowest BCUT2D eigenvalue weighted by molar-refractivity contribution is -0.149. The molecular weight excluding hydrogens is 276 g/mol. The van der Waals surface area contributed by atoms with Crippen LogP contribution in [0.25, 0.3) is 10.4 Å². The van der Waals surface area contributed by atoms with Crippen molar-refractivity contribution >= 4 is 11.8 Å². The first-order chi connectivity index (χ1) is 9.93. The molecule has 0 aromatic carbocycles. The number of rotatable bonds is 4. The Morgan fingerprint density at radius 1 is 1.52 bits per heavy atom. The van der Waals surface area contributed by atoms with Gasteiger partial charge in [-0.3, -0.25) is 9.59 Å². The molecule has 2 rings (SSSR count). The number of H-pyrrole nitrogens is 1. The summed E-state index contributed by atoms with van der Waals surface area (Å²) < 4.78 is 10.8. The fourth-order valence-corrected chi connectivity index (χ4v) is 2.46. The number of carbonyl (C=O) groups is 2. The predicted octanol–water partition coefficient (Wildman–Crippen LogP) is 2.21. The molecule has 1 aromatic rings. The second kappa shape index (κ2) is 5.99. The highest BCUT2D eigenvalue weighted by Crippen LogP contribution is 2.34. The molecule has 1 N–H and O–H groups in total. The van der Waals surface area contributed by atoms with E-state index >= 15 is 0 Å². The van der Waals surface area contributed by atoms with Crippen LogP contribution in [0.15, 0.2) is 11.2 Å². The minimum absolute atomic E-state index is 0.0661. The summed E-state index contributed by atoms with van der Waals surface area (Å²) >= 11 is 0. The monoisotopic (exact) mass is 292 g/mol. The lowest BCUT2D eigenvalue weighted by atomic mass is 10.1. The topological polar surface area (TPSA) is 117 Å². The van der Waals surface area contributed by atoms with Gasteiger partial charge in [-0.2, -0.15) is 0 Å². The quantitative estimate of drug-likeness (QED) is 0.301. The molecule has 1 aliphatic heterocycles. The van der Waals surface area contributed by atoms with E-state index in [0.29, 0.717) is 11.3 Å². The molecule has 1 fully saturated rings. The van der Waals surface area contributed by atoms with Crippen molar-refractivity contribution < 1.29 is 19.1 Å². The molecule has 8 heteroatoms. The summed E-state index contributed by atoms with van der Waals surface area (Å²) in [4.78, 5) is 28.5. The normalized spacial score (nSPS) is 24.4. The molecule has 21 heavy (non-hydrogen) atoms. The van der Waals surface area contributed by atoms with Crippen LogP contribution in [0.2, 0.25) is 0 Å². The molecule has 3 atom stereocenters. The van der Waals surface area contributed by atoms with Crippen LogP contribution in [0.1, 0.15) is 41.7 Å². The maximum absolute atomic E-state index is 11.5. The van der Waals surface area contributed by atoms with E-state index in [4.69, 9.17) is 15.0 Å². The number of esters is 1. The number of aryl methyl sites for hydroxylation is 1. The van der Waals surface area contributed by atoms with Crippen molar-refractivity contribution in [1.82, 2.24) is 4.98 Å². The summed E-state index contributed by atoms with van der Waals surface area (Å²) in [6.07, 6.45) is -1.30. The van der Waals surface area contributed by atoms with Gasteiger partial charge in [0.2, 0.25) is 0 Å². The highest BCUT2D eigenvalue weighted by molar-refractivity contribution is 5.95. The molecule has 0 amide bonds. The number of azide groups is 1. The molecule has 112 valence electrons. The van der Waals surface area contributed by atoms with Gasteiger partial charge < -0.3 is 14.5 Å². The Morgan fingerprint density at radius 3 is 2.76 bits per heavy atom. The van der Waals surface area contributed by atoms with Gasteiger partial charge in [-0.05, 0) is 25.4 Å². The zero-order chi connectivity index (χ0) is 15.6. The van der Waals surface area contributed by atoms with Crippen molar-refractivity contribution in [2.45, 2.75) is 39.0 Å². The molecule has 0 aliphatic carbocycles. The van der Waals surface area contributed by atoms with E-state index in [-0.39, 0.29) is 12.4 Å². The molecule has 0 spiro atoms. The van der Waals surface area contributed by atoms with Gasteiger partial charge >= 0.3 is 5.97 Å². The zero-order valence-electron chi connectivity index (χ0n) is 12.0. The molecule has 0 radical (unpaired) electrons.